The van der Waals surface area contributed by atoms with Crippen molar-refractivity contribution in [3.63, 3.8) is 0 Å². The number of nitrogens with two attached hydrogens (primary N) is 1. The number of anilines is 2. The highest BCUT2D eigenvalue weighted by Gasteiger charge is 2.18. The highest BCUT2D eigenvalue weighted by molar-refractivity contribution is 6.06. The van der Waals surface area contributed by atoms with Gasteiger partial charge in [-0.25, -0.2) is 0 Å². The summed E-state index contributed by atoms with van der Waals surface area (Å²) in [5.74, 6) is 0.962. The Hall–Kier alpha value is -2.69. The molecule has 3 N–H and O–H groups in total. The monoisotopic (exact) mass is 312 g/mol. The van der Waals surface area contributed by atoms with Crippen molar-refractivity contribution < 1.29 is 14.3 Å². The number of hydrogen-bond donors (Lipinski definition) is 2. The molecule has 2 aromatic carbocycles. The molecule has 1 aliphatic rings. The van der Waals surface area contributed by atoms with Crippen molar-refractivity contribution in [3.8, 4) is 11.5 Å². The molecule has 0 aliphatic carbocycles. The number of hydrogen-bond acceptors (Lipinski definition) is 4. The van der Waals surface area contributed by atoms with Gasteiger partial charge in [0.2, 0.25) is 6.79 Å². The number of fused-ring (bicyclic) bond motifs is 1. The molecule has 1 heterocycles. The zero-order valence-electron chi connectivity index (χ0n) is 13.5. The third-order valence-electron chi connectivity index (χ3n) is 3.81. The third kappa shape index (κ3) is 3.08. The van der Waals surface area contributed by atoms with Gasteiger partial charge in [0, 0.05) is 17.7 Å². The van der Waals surface area contributed by atoms with Gasteiger partial charge < -0.3 is 20.5 Å². The molecular weight excluding hydrogens is 292 g/mol. The number of ether oxygens (including phenoxy) is 2. The lowest BCUT2D eigenvalue weighted by Crippen LogP contribution is -2.15. The van der Waals surface area contributed by atoms with Crippen LogP contribution in [0.3, 0.4) is 0 Å². The van der Waals surface area contributed by atoms with E-state index in [1.807, 2.05) is 24.3 Å². The lowest BCUT2D eigenvalue weighted by molar-refractivity contribution is 0.102. The molecule has 0 fully saturated rings. The fourth-order valence-corrected chi connectivity index (χ4v) is 2.38. The van der Waals surface area contributed by atoms with Crippen LogP contribution in [0.15, 0.2) is 36.4 Å². The fourth-order valence-electron chi connectivity index (χ4n) is 2.38. The molecule has 0 saturated carbocycles. The lowest BCUT2D eigenvalue weighted by Gasteiger charge is -2.19. The van der Waals surface area contributed by atoms with Gasteiger partial charge in [-0.1, -0.05) is 32.9 Å². The summed E-state index contributed by atoms with van der Waals surface area (Å²) in [5.41, 5.74) is 8.71. The second-order valence-corrected chi connectivity index (χ2v) is 6.57. The van der Waals surface area contributed by atoms with Crippen LogP contribution in [0.1, 0.15) is 36.7 Å². The standard InChI is InChI=1S/C18H20N2O3/c1-18(2,3)12-6-4-11(5-7-12)17(21)20-14-9-16-15(8-13(14)19)22-10-23-16/h4-9H,10,19H2,1-3H3,(H,20,21). The summed E-state index contributed by atoms with van der Waals surface area (Å²) in [6, 6.07) is 10.9. The first kappa shape index (κ1) is 15.2. The van der Waals surface area contributed by atoms with Crippen LogP contribution in [-0.4, -0.2) is 12.7 Å². The van der Waals surface area contributed by atoms with Crippen LogP contribution >= 0.6 is 0 Å². The van der Waals surface area contributed by atoms with E-state index < -0.39 is 0 Å². The van der Waals surface area contributed by atoms with Crippen LogP contribution in [-0.2, 0) is 5.41 Å². The van der Waals surface area contributed by atoms with Crippen LogP contribution in [0.4, 0.5) is 11.4 Å². The third-order valence-corrected chi connectivity index (χ3v) is 3.81. The van der Waals surface area contributed by atoms with Gasteiger partial charge >= 0.3 is 0 Å². The topological polar surface area (TPSA) is 73.6 Å². The summed E-state index contributed by atoms with van der Waals surface area (Å²) in [4.78, 5) is 12.4. The fraction of sp³-hybridized carbons (Fsp3) is 0.278. The molecule has 3 rings (SSSR count). The van der Waals surface area contributed by atoms with E-state index in [1.165, 1.54) is 5.56 Å². The van der Waals surface area contributed by atoms with Crippen molar-refractivity contribution in [2.24, 2.45) is 0 Å². The molecule has 1 amide bonds. The first-order valence-electron chi connectivity index (χ1n) is 7.45. The minimum Gasteiger partial charge on any atom is -0.454 e. The smallest absolute Gasteiger partial charge is 0.255 e. The van der Waals surface area contributed by atoms with Gasteiger partial charge in [-0.15, -0.1) is 0 Å². The lowest BCUT2D eigenvalue weighted by atomic mass is 9.87. The highest BCUT2D eigenvalue weighted by atomic mass is 16.7. The van der Waals surface area contributed by atoms with E-state index in [1.54, 1.807) is 12.1 Å². The molecule has 0 saturated heterocycles. The molecule has 5 heteroatoms. The normalized spacial score (nSPS) is 13.0. The number of carbonyl (C=O) groups is 1. The largest absolute Gasteiger partial charge is 0.454 e. The summed E-state index contributed by atoms with van der Waals surface area (Å²) in [7, 11) is 0. The zero-order valence-corrected chi connectivity index (χ0v) is 13.5. The molecule has 0 radical (unpaired) electrons. The minimum atomic E-state index is -0.212. The van der Waals surface area contributed by atoms with Crippen molar-refractivity contribution >= 4 is 17.3 Å². The maximum atomic E-state index is 12.4. The number of nitrogens with one attached hydrogen (secondary N) is 1. The zero-order chi connectivity index (χ0) is 16.6. The van der Waals surface area contributed by atoms with Gasteiger partial charge in [0.1, 0.15) is 0 Å². The average molecular weight is 312 g/mol. The summed E-state index contributed by atoms with van der Waals surface area (Å²) in [6.07, 6.45) is 0. The van der Waals surface area contributed by atoms with Gasteiger partial charge in [0.15, 0.2) is 11.5 Å². The van der Waals surface area contributed by atoms with Gasteiger partial charge in [-0.2, -0.15) is 0 Å². The maximum Gasteiger partial charge on any atom is 0.255 e. The number of benzene rings is 2. The molecule has 23 heavy (non-hydrogen) atoms. The van der Waals surface area contributed by atoms with E-state index >= 15 is 0 Å². The number of nitrogen functional groups attached to an aromatic ring is 1. The number of carbonyl (C=O) groups excluding carboxylic acids is 1. The summed E-state index contributed by atoms with van der Waals surface area (Å²) < 4.78 is 10.6. The first-order chi connectivity index (χ1) is 10.8. The molecule has 0 unspecified atom stereocenters. The summed E-state index contributed by atoms with van der Waals surface area (Å²) in [5, 5.41) is 2.81. The SMILES string of the molecule is CC(C)(C)c1ccc(C(=O)Nc2cc3c(cc2N)OCO3)cc1. The second kappa shape index (κ2) is 5.50. The van der Waals surface area contributed by atoms with Gasteiger partial charge in [0.25, 0.3) is 5.91 Å². The molecule has 5 nitrogen and oxygen atoms in total. The quantitative estimate of drug-likeness (QED) is 0.832. The predicted octanol–water partition coefficient (Wildman–Crippen LogP) is 3.55. The van der Waals surface area contributed by atoms with Crippen LogP contribution < -0.4 is 20.5 Å². The van der Waals surface area contributed by atoms with E-state index in [0.717, 1.165) is 0 Å². The predicted molar refractivity (Wildman–Crippen MR) is 90.1 cm³/mol. The Labute approximate surface area is 135 Å². The van der Waals surface area contributed by atoms with Crippen LogP contribution in [0.2, 0.25) is 0 Å². The van der Waals surface area contributed by atoms with Crippen LogP contribution in [0.25, 0.3) is 0 Å². The Bertz CT molecular complexity index is 746. The summed E-state index contributed by atoms with van der Waals surface area (Å²) >= 11 is 0. The van der Waals surface area contributed by atoms with E-state index in [9.17, 15) is 4.79 Å². The van der Waals surface area contributed by atoms with Crippen molar-refractivity contribution in [2.45, 2.75) is 26.2 Å². The Kier molecular flexibility index (Phi) is 3.64. The molecule has 0 spiro atoms. The average Bonchev–Trinajstić information content (AvgIpc) is 2.94. The Morgan fingerprint density at radius 1 is 1.09 bits per heavy atom. The Morgan fingerprint density at radius 2 is 1.70 bits per heavy atom. The molecule has 0 aromatic heterocycles. The van der Waals surface area contributed by atoms with E-state index in [0.29, 0.717) is 28.4 Å². The van der Waals surface area contributed by atoms with Crippen molar-refractivity contribution in [1.82, 2.24) is 0 Å². The van der Waals surface area contributed by atoms with E-state index in [4.69, 9.17) is 15.2 Å². The maximum absolute atomic E-state index is 12.4. The van der Waals surface area contributed by atoms with E-state index in [2.05, 4.69) is 26.1 Å². The van der Waals surface area contributed by atoms with Gasteiger partial charge in [0.05, 0.1) is 11.4 Å². The van der Waals surface area contributed by atoms with Crippen molar-refractivity contribution in [1.29, 1.82) is 0 Å². The number of rotatable bonds is 2. The minimum absolute atomic E-state index is 0.0523. The van der Waals surface area contributed by atoms with E-state index in [-0.39, 0.29) is 18.1 Å². The molecule has 0 bridgehead atoms. The van der Waals surface area contributed by atoms with Gasteiger partial charge in [-0.05, 0) is 23.1 Å². The van der Waals surface area contributed by atoms with Gasteiger partial charge in [-0.3, -0.25) is 4.79 Å². The van der Waals surface area contributed by atoms with Crippen LogP contribution in [0.5, 0.6) is 11.5 Å². The second-order valence-electron chi connectivity index (χ2n) is 6.57. The number of amides is 1. The Morgan fingerprint density at radius 3 is 2.30 bits per heavy atom. The van der Waals surface area contributed by atoms with Crippen LogP contribution in [0, 0.1) is 0 Å². The summed E-state index contributed by atoms with van der Waals surface area (Å²) in [6.45, 7) is 6.57. The molecular formula is C18H20N2O3. The molecule has 0 atom stereocenters. The first-order valence-corrected chi connectivity index (χ1v) is 7.45. The Balaban J connectivity index is 1.79. The highest BCUT2D eigenvalue weighted by Crippen LogP contribution is 2.38. The molecule has 120 valence electrons. The van der Waals surface area contributed by atoms with Crippen molar-refractivity contribution in [3.05, 3.63) is 47.5 Å². The molecule has 1 aliphatic heterocycles. The van der Waals surface area contributed by atoms with Crippen molar-refractivity contribution in [2.75, 3.05) is 17.8 Å². The molecule has 2 aromatic rings.